The van der Waals surface area contributed by atoms with Gasteiger partial charge in [0, 0.05) is 12.3 Å². The fraction of sp³-hybridized carbons (Fsp3) is 0.333. The number of nitrogens with one attached hydrogen (secondary N) is 1. The topological polar surface area (TPSA) is 12.0 Å². The van der Waals surface area contributed by atoms with Crippen molar-refractivity contribution >= 4 is 11.8 Å². The molecule has 1 aromatic carbocycles. The van der Waals surface area contributed by atoms with E-state index in [0.717, 1.165) is 18.7 Å². The average Bonchev–Trinajstić information content (AvgIpc) is 2.26. The maximum Gasteiger partial charge on any atom is 0.0795 e. The van der Waals surface area contributed by atoms with Crippen molar-refractivity contribution in [2.45, 2.75) is 11.8 Å². The molecule has 0 aliphatic carbocycles. The minimum Gasteiger partial charge on any atom is -0.301 e. The van der Waals surface area contributed by atoms with Crippen LogP contribution in [0, 0.1) is 0 Å². The summed E-state index contributed by atoms with van der Waals surface area (Å²) in [6, 6.07) is 8.70. The number of hydrogen-bond acceptors (Lipinski definition) is 2. The van der Waals surface area contributed by atoms with E-state index >= 15 is 0 Å². The maximum atomic E-state index is 3.75. The van der Waals surface area contributed by atoms with Crippen LogP contribution >= 0.6 is 11.8 Å². The summed E-state index contributed by atoms with van der Waals surface area (Å²) < 4.78 is 0. The Morgan fingerprint density at radius 2 is 2.36 bits per heavy atom. The molecule has 2 rings (SSSR count). The molecule has 0 spiro atoms. The third-order valence-electron chi connectivity index (χ3n) is 2.44. The van der Waals surface area contributed by atoms with Crippen LogP contribution in [0.15, 0.2) is 36.9 Å². The third-order valence-corrected chi connectivity index (χ3v) is 3.62. The summed E-state index contributed by atoms with van der Waals surface area (Å²) in [5, 5.41) is 3.98. The molecule has 0 saturated carbocycles. The van der Waals surface area contributed by atoms with Crippen LogP contribution in [-0.2, 0) is 6.42 Å². The number of benzene rings is 1. The highest BCUT2D eigenvalue weighted by Gasteiger charge is 2.18. The molecular formula is C12H15NS. The highest BCUT2D eigenvalue weighted by molar-refractivity contribution is 7.99. The monoisotopic (exact) mass is 205 g/mol. The molecule has 1 N–H and O–H groups in total. The van der Waals surface area contributed by atoms with E-state index in [-0.39, 0.29) is 0 Å². The zero-order chi connectivity index (χ0) is 9.80. The van der Waals surface area contributed by atoms with E-state index in [0.29, 0.717) is 5.37 Å². The first-order valence-corrected chi connectivity index (χ1v) is 6.00. The Labute approximate surface area is 89.6 Å². The van der Waals surface area contributed by atoms with Gasteiger partial charge in [0.1, 0.15) is 0 Å². The average molecular weight is 205 g/mol. The summed E-state index contributed by atoms with van der Waals surface area (Å²) in [5.41, 5.74) is 2.94. The Morgan fingerprint density at radius 3 is 3.21 bits per heavy atom. The maximum absolute atomic E-state index is 3.75. The predicted octanol–water partition coefficient (Wildman–Crippen LogP) is 2.75. The summed E-state index contributed by atoms with van der Waals surface area (Å²) in [7, 11) is 0. The quantitative estimate of drug-likeness (QED) is 0.761. The van der Waals surface area contributed by atoms with Crippen LogP contribution in [0.3, 0.4) is 0 Å². The minimum atomic E-state index is 0.456. The second-order valence-electron chi connectivity index (χ2n) is 3.40. The van der Waals surface area contributed by atoms with E-state index < -0.39 is 0 Å². The van der Waals surface area contributed by atoms with Crippen molar-refractivity contribution < 1.29 is 0 Å². The molecule has 2 heteroatoms. The van der Waals surface area contributed by atoms with E-state index in [1.807, 2.05) is 17.8 Å². The van der Waals surface area contributed by atoms with Crippen LogP contribution < -0.4 is 5.32 Å². The van der Waals surface area contributed by atoms with Gasteiger partial charge in [-0.25, -0.2) is 0 Å². The minimum absolute atomic E-state index is 0.456. The molecule has 0 saturated heterocycles. The van der Waals surface area contributed by atoms with Crippen LogP contribution in [0.2, 0.25) is 0 Å². The molecule has 1 atom stereocenters. The van der Waals surface area contributed by atoms with Gasteiger partial charge in [-0.1, -0.05) is 30.3 Å². The predicted molar refractivity (Wildman–Crippen MR) is 63.5 cm³/mol. The standard InChI is InChI=1S/C12H15NS/c1-2-9-14-12-11-6-4-3-5-10(11)7-8-13-12/h2-6,12-13H,1,7-9H2. The number of thioether (sulfide) groups is 1. The van der Waals surface area contributed by atoms with Gasteiger partial charge in [0.2, 0.25) is 0 Å². The highest BCUT2D eigenvalue weighted by atomic mass is 32.2. The number of rotatable bonds is 3. The lowest BCUT2D eigenvalue weighted by Gasteiger charge is -2.26. The lowest BCUT2D eigenvalue weighted by molar-refractivity contribution is 0.631. The molecular weight excluding hydrogens is 190 g/mol. The lowest BCUT2D eigenvalue weighted by Crippen LogP contribution is -2.27. The molecule has 74 valence electrons. The fourth-order valence-electron chi connectivity index (χ4n) is 1.78. The normalized spacial score (nSPS) is 20.1. The summed E-state index contributed by atoms with van der Waals surface area (Å²) in [5.74, 6) is 1.01. The summed E-state index contributed by atoms with van der Waals surface area (Å²) in [4.78, 5) is 0. The van der Waals surface area contributed by atoms with Crippen molar-refractivity contribution in [1.82, 2.24) is 5.32 Å². The Hall–Kier alpha value is -0.730. The van der Waals surface area contributed by atoms with E-state index in [4.69, 9.17) is 0 Å². The summed E-state index contributed by atoms with van der Waals surface area (Å²) in [6.07, 6.45) is 3.12. The first-order valence-electron chi connectivity index (χ1n) is 4.95. The summed E-state index contributed by atoms with van der Waals surface area (Å²) >= 11 is 1.91. The van der Waals surface area contributed by atoms with Crippen LogP contribution in [0.5, 0.6) is 0 Å². The summed E-state index contributed by atoms with van der Waals surface area (Å²) in [6.45, 7) is 4.84. The van der Waals surface area contributed by atoms with Gasteiger partial charge in [-0.3, -0.25) is 0 Å². The van der Waals surface area contributed by atoms with E-state index in [1.54, 1.807) is 0 Å². The number of hydrogen-bond donors (Lipinski definition) is 1. The Bertz CT molecular complexity index is 322. The SMILES string of the molecule is C=CCSC1NCCc2ccccc21. The van der Waals surface area contributed by atoms with Gasteiger partial charge in [-0.05, 0) is 17.5 Å². The lowest BCUT2D eigenvalue weighted by atomic mass is 10.0. The van der Waals surface area contributed by atoms with Crippen LogP contribution in [0.25, 0.3) is 0 Å². The zero-order valence-corrected chi connectivity index (χ0v) is 9.02. The van der Waals surface area contributed by atoms with Gasteiger partial charge in [-0.2, -0.15) is 0 Å². The molecule has 1 aliphatic rings. The van der Waals surface area contributed by atoms with Gasteiger partial charge in [0.15, 0.2) is 0 Å². The molecule has 1 aliphatic heterocycles. The van der Waals surface area contributed by atoms with Gasteiger partial charge in [-0.15, -0.1) is 18.3 Å². The van der Waals surface area contributed by atoms with E-state index in [2.05, 4.69) is 36.2 Å². The van der Waals surface area contributed by atoms with Crippen molar-refractivity contribution in [2.75, 3.05) is 12.3 Å². The third kappa shape index (κ3) is 2.02. The van der Waals surface area contributed by atoms with Crippen molar-refractivity contribution in [3.63, 3.8) is 0 Å². The van der Waals surface area contributed by atoms with E-state index in [9.17, 15) is 0 Å². The highest BCUT2D eigenvalue weighted by Crippen LogP contribution is 2.31. The van der Waals surface area contributed by atoms with E-state index in [1.165, 1.54) is 11.1 Å². The molecule has 1 aromatic rings. The van der Waals surface area contributed by atoms with Gasteiger partial charge in [0.05, 0.1) is 5.37 Å². The number of fused-ring (bicyclic) bond motifs is 1. The van der Waals surface area contributed by atoms with Crippen LogP contribution in [0.1, 0.15) is 16.5 Å². The molecule has 14 heavy (non-hydrogen) atoms. The molecule has 1 heterocycles. The van der Waals surface area contributed by atoms with Gasteiger partial charge < -0.3 is 5.32 Å². The van der Waals surface area contributed by atoms with Crippen LogP contribution in [0.4, 0.5) is 0 Å². The first kappa shape index (κ1) is 9.81. The molecule has 0 fully saturated rings. The first-order chi connectivity index (χ1) is 6.92. The molecule has 0 amide bonds. The Morgan fingerprint density at radius 1 is 1.50 bits per heavy atom. The molecule has 0 radical (unpaired) electrons. The fourth-order valence-corrected chi connectivity index (χ4v) is 2.75. The molecule has 1 unspecified atom stereocenters. The van der Waals surface area contributed by atoms with Crippen molar-refractivity contribution in [1.29, 1.82) is 0 Å². The zero-order valence-electron chi connectivity index (χ0n) is 8.20. The second kappa shape index (κ2) is 4.67. The smallest absolute Gasteiger partial charge is 0.0795 e. The molecule has 0 bridgehead atoms. The van der Waals surface area contributed by atoms with Gasteiger partial charge in [0.25, 0.3) is 0 Å². The second-order valence-corrected chi connectivity index (χ2v) is 4.54. The van der Waals surface area contributed by atoms with Crippen molar-refractivity contribution in [2.24, 2.45) is 0 Å². The Kier molecular flexibility index (Phi) is 3.27. The van der Waals surface area contributed by atoms with Crippen molar-refractivity contribution in [3.05, 3.63) is 48.0 Å². The van der Waals surface area contributed by atoms with Crippen LogP contribution in [-0.4, -0.2) is 12.3 Å². The van der Waals surface area contributed by atoms with Gasteiger partial charge >= 0.3 is 0 Å². The molecule has 0 aromatic heterocycles. The molecule has 1 nitrogen and oxygen atoms in total. The Balaban J connectivity index is 2.17. The largest absolute Gasteiger partial charge is 0.301 e. The van der Waals surface area contributed by atoms with Crippen molar-refractivity contribution in [3.8, 4) is 0 Å².